The Morgan fingerprint density at radius 1 is 1.17 bits per heavy atom. The average Bonchev–Trinajstić information content (AvgIpc) is 2.33. The van der Waals surface area contributed by atoms with E-state index < -0.39 is 0 Å². The molecule has 0 amide bonds. The normalized spacial score (nSPS) is 26.9. The highest BCUT2D eigenvalue weighted by Crippen LogP contribution is 2.38. The van der Waals surface area contributed by atoms with Crippen LogP contribution in [0.25, 0.3) is 0 Å². The summed E-state index contributed by atoms with van der Waals surface area (Å²) in [6.07, 6.45) is 7.68. The average molecular weight is 167 g/mol. The molecule has 0 unspecified atom stereocenters. The molecule has 0 aromatic heterocycles. The van der Waals surface area contributed by atoms with E-state index in [-0.39, 0.29) is 5.54 Å². The van der Waals surface area contributed by atoms with Crippen LogP contribution in [-0.2, 0) is 0 Å². The zero-order valence-corrected chi connectivity index (χ0v) is 7.47. The van der Waals surface area contributed by atoms with Gasteiger partial charge in [0.25, 0.3) is 0 Å². The number of allylic oxidation sites excluding steroid dienone is 1. The summed E-state index contributed by atoms with van der Waals surface area (Å²) in [5, 5.41) is 9.88. The van der Waals surface area contributed by atoms with Gasteiger partial charge in [0.15, 0.2) is 0 Å². The van der Waals surface area contributed by atoms with Crippen LogP contribution in [0.2, 0.25) is 0 Å². The topological polar surface area (TPSA) is 46.2 Å². The van der Waals surface area contributed by atoms with Gasteiger partial charge in [0.05, 0.1) is 5.54 Å². The summed E-state index contributed by atoms with van der Waals surface area (Å²) in [4.78, 5) is 0. The van der Waals surface area contributed by atoms with E-state index in [4.69, 9.17) is 5.73 Å². The first-order valence-corrected chi connectivity index (χ1v) is 4.93. The summed E-state index contributed by atoms with van der Waals surface area (Å²) in [5.74, 6) is 0.534. The second-order valence-corrected chi connectivity index (χ2v) is 4.17. The third-order valence-electron chi connectivity index (χ3n) is 3.26. The number of rotatable bonds is 1. The smallest absolute Gasteiger partial charge is 0.111 e. The van der Waals surface area contributed by atoms with Crippen LogP contribution >= 0.6 is 0 Å². The lowest BCUT2D eigenvalue weighted by Gasteiger charge is -2.29. The van der Waals surface area contributed by atoms with Crippen molar-refractivity contribution in [1.29, 1.82) is 0 Å². The maximum Gasteiger partial charge on any atom is 0.111 e. The Hall–Kier alpha value is -0.500. The molecule has 68 valence electrons. The van der Waals surface area contributed by atoms with Crippen molar-refractivity contribution in [2.45, 2.75) is 50.5 Å². The maximum atomic E-state index is 9.88. The molecule has 2 heteroatoms. The molecule has 0 bridgehead atoms. The Balaban J connectivity index is 2.16. The standard InChI is InChI=1S/C10H17NO/c11-10(6-1-2-7-10)9(12)8-4-3-5-8/h12H,1-7,11H2. The molecule has 0 heterocycles. The predicted molar refractivity (Wildman–Crippen MR) is 48.9 cm³/mol. The van der Waals surface area contributed by atoms with Crippen molar-refractivity contribution in [3.05, 3.63) is 11.3 Å². The Labute approximate surface area is 73.5 Å². The second kappa shape index (κ2) is 2.77. The summed E-state index contributed by atoms with van der Waals surface area (Å²) < 4.78 is 0. The van der Waals surface area contributed by atoms with E-state index in [1.807, 2.05) is 0 Å². The SMILES string of the molecule is NC1(C(O)=C2CCC2)CCCC1. The quantitative estimate of drug-likeness (QED) is 0.588. The van der Waals surface area contributed by atoms with Gasteiger partial charge in [-0.3, -0.25) is 0 Å². The van der Waals surface area contributed by atoms with E-state index in [2.05, 4.69) is 0 Å². The molecular formula is C10H17NO. The van der Waals surface area contributed by atoms with Gasteiger partial charge in [0.2, 0.25) is 0 Å². The third kappa shape index (κ3) is 1.14. The fraction of sp³-hybridized carbons (Fsp3) is 0.800. The fourth-order valence-corrected chi connectivity index (χ4v) is 2.19. The Morgan fingerprint density at radius 3 is 2.17 bits per heavy atom. The van der Waals surface area contributed by atoms with Crippen molar-refractivity contribution < 1.29 is 5.11 Å². The van der Waals surface area contributed by atoms with Crippen molar-refractivity contribution >= 4 is 0 Å². The van der Waals surface area contributed by atoms with E-state index in [0.717, 1.165) is 25.7 Å². The van der Waals surface area contributed by atoms with Gasteiger partial charge in [-0.15, -0.1) is 0 Å². The predicted octanol–water partition coefficient (Wildman–Crippen LogP) is 2.25. The molecule has 2 rings (SSSR count). The first kappa shape index (κ1) is 8.11. The van der Waals surface area contributed by atoms with Gasteiger partial charge in [0, 0.05) is 0 Å². The van der Waals surface area contributed by atoms with Crippen LogP contribution in [0.15, 0.2) is 11.3 Å². The first-order chi connectivity index (χ1) is 5.72. The lowest BCUT2D eigenvalue weighted by molar-refractivity contribution is 0.280. The molecule has 0 aromatic rings. The van der Waals surface area contributed by atoms with Gasteiger partial charge in [0.1, 0.15) is 5.76 Å². The Morgan fingerprint density at radius 2 is 1.75 bits per heavy atom. The summed E-state index contributed by atoms with van der Waals surface area (Å²) in [6.45, 7) is 0. The van der Waals surface area contributed by atoms with Gasteiger partial charge >= 0.3 is 0 Å². The molecule has 0 spiro atoms. The van der Waals surface area contributed by atoms with Gasteiger partial charge in [-0.25, -0.2) is 0 Å². The van der Waals surface area contributed by atoms with Gasteiger partial charge in [-0.2, -0.15) is 0 Å². The van der Waals surface area contributed by atoms with Gasteiger partial charge in [-0.05, 0) is 37.7 Å². The molecule has 0 saturated heterocycles. The van der Waals surface area contributed by atoms with Crippen LogP contribution in [0, 0.1) is 0 Å². The van der Waals surface area contributed by atoms with Crippen LogP contribution in [0.3, 0.4) is 0 Å². The van der Waals surface area contributed by atoms with Crippen molar-refractivity contribution in [3.63, 3.8) is 0 Å². The minimum absolute atomic E-state index is 0.338. The van der Waals surface area contributed by atoms with Crippen molar-refractivity contribution in [2.75, 3.05) is 0 Å². The van der Waals surface area contributed by atoms with Crippen molar-refractivity contribution in [2.24, 2.45) is 5.73 Å². The second-order valence-electron chi connectivity index (χ2n) is 4.17. The number of aliphatic hydroxyl groups excluding tert-OH is 1. The van der Waals surface area contributed by atoms with Crippen LogP contribution < -0.4 is 5.73 Å². The molecule has 2 aliphatic rings. The molecule has 0 aliphatic heterocycles. The minimum atomic E-state index is -0.338. The molecule has 12 heavy (non-hydrogen) atoms. The molecule has 2 nitrogen and oxygen atoms in total. The summed E-state index contributed by atoms with van der Waals surface area (Å²) in [5.41, 5.74) is 6.99. The molecule has 0 aromatic carbocycles. The van der Waals surface area contributed by atoms with Crippen molar-refractivity contribution in [3.8, 4) is 0 Å². The van der Waals surface area contributed by atoms with E-state index in [0.29, 0.717) is 5.76 Å². The Kier molecular flexibility index (Phi) is 1.87. The van der Waals surface area contributed by atoms with Gasteiger partial charge < -0.3 is 10.8 Å². The zero-order valence-electron chi connectivity index (χ0n) is 7.47. The van der Waals surface area contributed by atoms with Crippen LogP contribution in [0.5, 0.6) is 0 Å². The zero-order chi connectivity index (χ0) is 8.60. The number of aliphatic hydroxyl groups is 1. The lowest BCUT2D eigenvalue weighted by Crippen LogP contribution is -2.40. The minimum Gasteiger partial charge on any atom is -0.510 e. The number of hydrogen-bond donors (Lipinski definition) is 2. The highest BCUT2D eigenvalue weighted by atomic mass is 16.3. The van der Waals surface area contributed by atoms with E-state index >= 15 is 0 Å². The highest BCUT2D eigenvalue weighted by Gasteiger charge is 2.36. The summed E-state index contributed by atoms with van der Waals surface area (Å²) in [7, 11) is 0. The number of nitrogens with two attached hydrogens (primary N) is 1. The summed E-state index contributed by atoms with van der Waals surface area (Å²) in [6, 6.07) is 0. The highest BCUT2D eigenvalue weighted by molar-refractivity contribution is 5.24. The number of hydrogen-bond acceptors (Lipinski definition) is 2. The largest absolute Gasteiger partial charge is 0.510 e. The first-order valence-electron chi connectivity index (χ1n) is 4.93. The third-order valence-corrected chi connectivity index (χ3v) is 3.26. The van der Waals surface area contributed by atoms with Gasteiger partial charge in [-0.1, -0.05) is 12.8 Å². The lowest BCUT2D eigenvalue weighted by atomic mass is 9.84. The molecule has 2 fully saturated rings. The molecular weight excluding hydrogens is 150 g/mol. The maximum absolute atomic E-state index is 9.88. The van der Waals surface area contributed by atoms with Crippen LogP contribution in [-0.4, -0.2) is 10.6 Å². The molecule has 0 atom stereocenters. The van der Waals surface area contributed by atoms with E-state index in [9.17, 15) is 5.11 Å². The molecule has 2 aliphatic carbocycles. The fourth-order valence-electron chi connectivity index (χ4n) is 2.19. The van der Waals surface area contributed by atoms with E-state index in [1.54, 1.807) is 0 Å². The van der Waals surface area contributed by atoms with E-state index in [1.165, 1.54) is 24.8 Å². The molecule has 2 saturated carbocycles. The van der Waals surface area contributed by atoms with Crippen LogP contribution in [0.1, 0.15) is 44.9 Å². The molecule has 0 radical (unpaired) electrons. The van der Waals surface area contributed by atoms with Crippen molar-refractivity contribution in [1.82, 2.24) is 0 Å². The molecule has 3 N–H and O–H groups in total. The summed E-state index contributed by atoms with van der Waals surface area (Å²) >= 11 is 0. The monoisotopic (exact) mass is 167 g/mol. The van der Waals surface area contributed by atoms with Crippen LogP contribution in [0.4, 0.5) is 0 Å². The Bertz CT molecular complexity index is 208.